The largest absolute Gasteiger partial charge is 0.497 e. The molecule has 138 valence electrons. The van der Waals surface area contributed by atoms with E-state index in [1.807, 2.05) is 12.1 Å². The average molecular weight is 414 g/mol. The van der Waals surface area contributed by atoms with Crippen LogP contribution in [0, 0.1) is 6.92 Å². The number of hydrogen-bond acceptors (Lipinski definition) is 5. The van der Waals surface area contributed by atoms with Gasteiger partial charge in [-0.05, 0) is 42.8 Å². The molecule has 8 heteroatoms. The Kier molecular flexibility index (Phi) is 7.63. The lowest BCUT2D eigenvalue weighted by Crippen LogP contribution is -2.22. The predicted molar refractivity (Wildman–Crippen MR) is 105 cm³/mol. The van der Waals surface area contributed by atoms with Crippen molar-refractivity contribution in [2.75, 3.05) is 24.8 Å². The van der Waals surface area contributed by atoms with Gasteiger partial charge < -0.3 is 14.8 Å². The van der Waals surface area contributed by atoms with E-state index in [0.29, 0.717) is 15.7 Å². The van der Waals surface area contributed by atoms with E-state index >= 15 is 0 Å². The highest BCUT2D eigenvalue weighted by Gasteiger charge is 2.13. The normalized spacial score (nSPS) is 10.3. The molecule has 0 aliphatic carbocycles. The van der Waals surface area contributed by atoms with E-state index in [0.717, 1.165) is 16.2 Å². The second kappa shape index (κ2) is 9.71. The molecule has 0 unspecified atom stereocenters. The molecule has 0 aromatic heterocycles. The number of methoxy groups -OCH3 is 1. The standard InChI is InChI=1S/C18H17Cl2NO4S/c1-11-3-8-14(19)18(17(11)20)21-15(22)9-25-16(23)10-26-13-6-4-12(24-2)5-7-13/h3-8H,9-10H2,1-2H3,(H,21,22). The molecule has 5 nitrogen and oxygen atoms in total. The molecule has 1 amide bonds. The summed E-state index contributed by atoms with van der Waals surface area (Å²) >= 11 is 13.5. The molecule has 0 fully saturated rings. The predicted octanol–water partition coefficient (Wildman–Crippen LogP) is 4.58. The van der Waals surface area contributed by atoms with Crippen LogP contribution in [0.25, 0.3) is 0 Å². The number of hydrogen-bond donors (Lipinski definition) is 1. The first-order valence-corrected chi connectivity index (χ1v) is 9.31. The van der Waals surface area contributed by atoms with Gasteiger partial charge in [-0.15, -0.1) is 11.8 Å². The van der Waals surface area contributed by atoms with Crippen LogP contribution < -0.4 is 10.1 Å². The Morgan fingerprint density at radius 3 is 2.46 bits per heavy atom. The number of esters is 1. The monoisotopic (exact) mass is 413 g/mol. The van der Waals surface area contributed by atoms with Crippen molar-refractivity contribution in [1.82, 2.24) is 0 Å². The Morgan fingerprint density at radius 2 is 1.81 bits per heavy atom. The summed E-state index contributed by atoms with van der Waals surface area (Å²) in [5.74, 6) is -0.183. The Morgan fingerprint density at radius 1 is 1.12 bits per heavy atom. The van der Waals surface area contributed by atoms with Crippen molar-refractivity contribution in [2.24, 2.45) is 0 Å². The van der Waals surface area contributed by atoms with E-state index in [4.69, 9.17) is 32.7 Å². The van der Waals surface area contributed by atoms with Crippen LogP contribution in [-0.2, 0) is 14.3 Å². The fourth-order valence-corrected chi connectivity index (χ4v) is 3.11. The van der Waals surface area contributed by atoms with Gasteiger partial charge in [0.1, 0.15) is 5.75 Å². The molecule has 1 N–H and O–H groups in total. The second-order valence-electron chi connectivity index (χ2n) is 5.23. The zero-order chi connectivity index (χ0) is 19.1. The van der Waals surface area contributed by atoms with Crippen molar-refractivity contribution in [1.29, 1.82) is 0 Å². The average Bonchev–Trinajstić information content (AvgIpc) is 2.65. The number of ether oxygens (including phenoxy) is 2. The van der Waals surface area contributed by atoms with Crippen molar-refractivity contribution in [3.63, 3.8) is 0 Å². The van der Waals surface area contributed by atoms with Gasteiger partial charge in [-0.1, -0.05) is 29.3 Å². The molecule has 0 aliphatic rings. The minimum Gasteiger partial charge on any atom is -0.497 e. The van der Waals surface area contributed by atoms with Crippen molar-refractivity contribution in [3.8, 4) is 5.75 Å². The molecule has 0 saturated carbocycles. The van der Waals surface area contributed by atoms with Gasteiger partial charge in [0.2, 0.25) is 0 Å². The van der Waals surface area contributed by atoms with Crippen LogP contribution in [0.15, 0.2) is 41.3 Å². The van der Waals surface area contributed by atoms with Crippen molar-refractivity contribution in [3.05, 3.63) is 52.0 Å². The Labute approximate surface area is 166 Å². The van der Waals surface area contributed by atoms with Crippen LogP contribution in [0.4, 0.5) is 5.69 Å². The molecular weight excluding hydrogens is 397 g/mol. The Hall–Kier alpha value is -1.89. The second-order valence-corrected chi connectivity index (χ2v) is 7.06. The molecule has 0 bridgehead atoms. The van der Waals surface area contributed by atoms with E-state index in [1.165, 1.54) is 11.8 Å². The summed E-state index contributed by atoms with van der Waals surface area (Å²) in [6, 6.07) is 10.7. The lowest BCUT2D eigenvalue weighted by atomic mass is 10.2. The van der Waals surface area contributed by atoms with Gasteiger partial charge in [0.15, 0.2) is 6.61 Å². The number of halogens is 2. The number of benzene rings is 2. The molecule has 2 aromatic rings. The maximum absolute atomic E-state index is 12.0. The highest BCUT2D eigenvalue weighted by molar-refractivity contribution is 8.00. The molecule has 0 radical (unpaired) electrons. The maximum Gasteiger partial charge on any atom is 0.316 e. The number of rotatable bonds is 7. The van der Waals surface area contributed by atoms with Gasteiger partial charge in [0, 0.05) is 4.90 Å². The number of aryl methyl sites for hydroxylation is 1. The van der Waals surface area contributed by atoms with E-state index in [1.54, 1.807) is 38.3 Å². The molecule has 0 atom stereocenters. The number of anilines is 1. The first-order valence-electron chi connectivity index (χ1n) is 7.57. The van der Waals surface area contributed by atoms with Crippen molar-refractivity contribution in [2.45, 2.75) is 11.8 Å². The van der Waals surface area contributed by atoms with Gasteiger partial charge in [-0.25, -0.2) is 0 Å². The first kappa shape index (κ1) is 20.4. The van der Waals surface area contributed by atoms with Crippen LogP contribution in [0.1, 0.15) is 5.56 Å². The zero-order valence-corrected chi connectivity index (χ0v) is 16.5. The van der Waals surface area contributed by atoms with Gasteiger partial charge in [-0.2, -0.15) is 0 Å². The lowest BCUT2D eigenvalue weighted by molar-refractivity contribution is -0.144. The van der Waals surface area contributed by atoms with Gasteiger partial charge >= 0.3 is 5.97 Å². The number of nitrogens with one attached hydrogen (secondary N) is 1. The highest BCUT2D eigenvalue weighted by atomic mass is 35.5. The summed E-state index contributed by atoms with van der Waals surface area (Å²) in [7, 11) is 1.59. The molecule has 2 rings (SSSR count). The van der Waals surface area contributed by atoms with E-state index in [2.05, 4.69) is 5.32 Å². The first-order chi connectivity index (χ1) is 12.4. The Bertz CT molecular complexity index is 797. The van der Waals surface area contributed by atoms with Gasteiger partial charge in [0.25, 0.3) is 5.91 Å². The van der Waals surface area contributed by atoms with Crippen LogP contribution >= 0.6 is 35.0 Å². The summed E-state index contributed by atoms with van der Waals surface area (Å²) in [6.07, 6.45) is 0. The van der Waals surface area contributed by atoms with Crippen molar-refractivity contribution < 1.29 is 19.1 Å². The molecule has 2 aromatic carbocycles. The zero-order valence-electron chi connectivity index (χ0n) is 14.2. The third kappa shape index (κ3) is 5.83. The third-order valence-corrected chi connectivity index (χ3v) is 5.12. The van der Waals surface area contributed by atoms with E-state index in [9.17, 15) is 9.59 Å². The molecule has 26 heavy (non-hydrogen) atoms. The van der Waals surface area contributed by atoms with Gasteiger partial charge in [-0.3, -0.25) is 9.59 Å². The summed E-state index contributed by atoms with van der Waals surface area (Å²) in [5, 5.41) is 3.23. The third-order valence-electron chi connectivity index (χ3n) is 3.33. The summed E-state index contributed by atoms with van der Waals surface area (Å²) in [4.78, 5) is 24.6. The molecule has 0 heterocycles. The fourth-order valence-electron chi connectivity index (χ4n) is 1.95. The number of thioether (sulfide) groups is 1. The highest BCUT2D eigenvalue weighted by Crippen LogP contribution is 2.32. The van der Waals surface area contributed by atoms with E-state index in [-0.39, 0.29) is 5.75 Å². The van der Waals surface area contributed by atoms with Crippen LogP contribution in [0.2, 0.25) is 10.0 Å². The minimum atomic E-state index is -0.512. The minimum absolute atomic E-state index is 0.0889. The Balaban J connectivity index is 1.80. The summed E-state index contributed by atoms with van der Waals surface area (Å²) in [6.45, 7) is 1.38. The SMILES string of the molecule is COc1ccc(SCC(=O)OCC(=O)Nc2c(Cl)ccc(C)c2Cl)cc1. The summed E-state index contributed by atoms with van der Waals surface area (Å²) < 4.78 is 10.0. The lowest BCUT2D eigenvalue weighted by Gasteiger charge is -2.11. The fraction of sp³-hybridized carbons (Fsp3) is 0.222. The molecule has 0 aliphatic heterocycles. The number of carbonyl (C=O) groups is 2. The van der Waals surface area contributed by atoms with Crippen LogP contribution in [-0.4, -0.2) is 31.3 Å². The van der Waals surface area contributed by atoms with Crippen LogP contribution in [0.3, 0.4) is 0 Å². The van der Waals surface area contributed by atoms with Gasteiger partial charge in [0.05, 0.1) is 28.6 Å². The van der Waals surface area contributed by atoms with Crippen LogP contribution in [0.5, 0.6) is 5.75 Å². The van der Waals surface area contributed by atoms with Crippen molar-refractivity contribution >= 4 is 52.5 Å². The quantitative estimate of drug-likeness (QED) is 0.531. The molecule has 0 saturated heterocycles. The topological polar surface area (TPSA) is 64.6 Å². The smallest absolute Gasteiger partial charge is 0.316 e. The molecule has 0 spiro atoms. The molecular formula is C18H17Cl2NO4S. The maximum atomic E-state index is 12.0. The number of carbonyl (C=O) groups excluding carboxylic acids is 2. The number of amides is 1. The van der Waals surface area contributed by atoms with E-state index < -0.39 is 18.5 Å². The summed E-state index contributed by atoms with van der Waals surface area (Å²) in [5.41, 5.74) is 1.08.